The van der Waals surface area contributed by atoms with Crippen molar-refractivity contribution in [1.82, 2.24) is 9.80 Å². The standard InChI is InChI=1S/C49H73ClN2O/c1-33(2)43-40(53)30-49(34(3)31-52(29-28-51(9)10)32-35-16-18-37(50)19-17-35)27-26-47(7)39(44(43)49)20-21-42-46(6)24-22-38(36-14-12-11-13-15-36)45(4,5)41(46)23-25-48(42,47)8/h14,16-19,22,33-34,39,41-42H,11-13,15,20-21,23-32H2,1-10H3/t34?,39?,41?,42?,46-,47+,48+,49-/m0/s1. The molecule has 292 valence electrons. The molecule has 3 nitrogen and oxygen atoms in total. The van der Waals surface area contributed by atoms with Gasteiger partial charge in [0.25, 0.3) is 0 Å². The molecule has 0 heterocycles. The molecule has 0 radical (unpaired) electrons. The molecule has 0 aromatic heterocycles. The lowest BCUT2D eigenvalue weighted by Crippen LogP contribution is -2.64. The summed E-state index contributed by atoms with van der Waals surface area (Å²) in [6, 6.07) is 8.43. The molecule has 4 heteroatoms. The predicted molar refractivity (Wildman–Crippen MR) is 224 cm³/mol. The summed E-state index contributed by atoms with van der Waals surface area (Å²) in [4.78, 5) is 19.4. The number of hydrogen-bond acceptors (Lipinski definition) is 3. The minimum atomic E-state index is -0.0281. The van der Waals surface area contributed by atoms with Gasteiger partial charge in [-0.25, -0.2) is 0 Å². The molecule has 53 heavy (non-hydrogen) atoms. The van der Waals surface area contributed by atoms with Crippen molar-refractivity contribution in [2.45, 2.75) is 139 Å². The number of carbonyl (C=O) groups excluding carboxylic acids is 1. The normalized spacial score (nSPS) is 37.2. The van der Waals surface area contributed by atoms with E-state index < -0.39 is 0 Å². The van der Waals surface area contributed by atoms with Gasteiger partial charge in [0.1, 0.15) is 0 Å². The maximum absolute atomic E-state index is 14.4. The fourth-order valence-corrected chi connectivity index (χ4v) is 14.7. The van der Waals surface area contributed by atoms with Gasteiger partial charge in [0, 0.05) is 43.0 Å². The molecule has 0 saturated heterocycles. The van der Waals surface area contributed by atoms with E-state index in [0.717, 1.165) is 55.9 Å². The van der Waals surface area contributed by atoms with Crippen LogP contribution in [-0.4, -0.2) is 49.3 Å². The number of fused-ring (bicyclic) bond motifs is 7. The lowest BCUT2D eigenvalue weighted by atomic mass is 9.33. The molecule has 3 fully saturated rings. The third-order valence-electron chi connectivity index (χ3n) is 17.4. The van der Waals surface area contributed by atoms with E-state index in [1.165, 1.54) is 75.3 Å². The minimum absolute atomic E-state index is 0.0281. The van der Waals surface area contributed by atoms with Gasteiger partial charge in [0.2, 0.25) is 0 Å². The van der Waals surface area contributed by atoms with Crippen LogP contribution in [0, 0.1) is 56.7 Å². The maximum Gasteiger partial charge on any atom is 0.159 e. The topological polar surface area (TPSA) is 23.6 Å². The largest absolute Gasteiger partial charge is 0.308 e. The third kappa shape index (κ3) is 6.42. The van der Waals surface area contributed by atoms with Gasteiger partial charge in [-0.15, -0.1) is 0 Å². The number of carbonyl (C=O) groups is 1. The first-order valence-electron chi connectivity index (χ1n) is 21.8. The Morgan fingerprint density at radius 2 is 1.58 bits per heavy atom. The van der Waals surface area contributed by atoms with E-state index in [2.05, 4.69) is 104 Å². The Morgan fingerprint density at radius 3 is 2.25 bits per heavy atom. The quantitative estimate of drug-likeness (QED) is 0.239. The summed E-state index contributed by atoms with van der Waals surface area (Å²) < 4.78 is 0. The van der Waals surface area contributed by atoms with Gasteiger partial charge >= 0.3 is 0 Å². The Hall–Kier alpha value is -1.68. The van der Waals surface area contributed by atoms with Crippen molar-refractivity contribution < 1.29 is 4.79 Å². The van der Waals surface area contributed by atoms with E-state index in [4.69, 9.17) is 11.6 Å². The average Bonchev–Trinajstić information content (AvgIpc) is 3.42. The van der Waals surface area contributed by atoms with Crippen LogP contribution in [0.5, 0.6) is 0 Å². The van der Waals surface area contributed by atoms with Gasteiger partial charge in [-0.1, -0.05) is 96.8 Å². The third-order valence-corrected chi connectivity index (χ3v) is 17.6. The van der Waals surface area contributed by atoms with Gasteiger partial charge < -0.3 is 4.90 Å². The van der Waals surface area contributed by atoms with Gasteiger partial charge in [-0.3, -0.25) is 9.69 Å². The second-order valence-electron chi connectivity index (χ2n) is 20.9. The van der Waals surface area contributed by atoms with E-state index in [1.54, 1.807) is 16.7 Å². The van der Waals surface area contributed by atoms with Crippen LogP contribution in [0.3, 0.4) is 0 Å². The van der Waals surface area contributed by atoms with Crippen LogP contribution >= 0.6 is 11.6 Å². The second-order valence-corrected chi connectivity index (χ2v) is 21.4. The first-order valence-corrected chi connectivity index (χ1v) is 22.1. The highest BCUT2D eigenvalue weighted by Gasteiger charge is 2.69. The number of ketones is 1. The van der Waals surface area contributed by atoms with E-state index >= 15 is 0 Å². The van der Waals surface area contributed by atoms with Crippen LogP contribution in [0.25, 0.3) is 0 Å². The summed E-state index contributed by atoms with van der Waals surface area (Å²) in [5.41, 5.74) is 8.57. The summed E-state index contributed by atoms with van der Waals surface area (Å²) in [7, 11) is 4.36. The van der Waals surface area contributed by atoms with Crippen LogP contribution in [-0.2, 0) is 11.3 Å². The predicted octanol–water partition coefficient (Wildman–Crippen LogP) is 12.4. The molecule has 3 saturated carbocycles. The fourth-order valence-electron chi connectivity index (χ4n) is 14.5. The monoisotopic (exact) mass is 741 g/mol. The fraction of sp³-hybridized carbons (Fsp3) is 0.735. The van der Waals surface area contributed by atoms with Crippen LogP contribution < -0.4 is 0 Å². The van der Waals surface area contributed by atoms with Crippen molar-refractivity contribution in [2.75, 3.05) is 33.7 Å². The summed E-state index contributed by atoms with van der Waals surface area (Å²) in [6.45, 7) is 24.5. The highest BCUT2D eigenvalue weighted by molar-refractivity contribution is 6.30. The van der Waals surface area contributed by atoms with E-state index in [1.807, 2.05) is 12.1 Å². The molecule has 7 rings (SSSR count). The highest BCUT2D eigenvalue weighted by Crippen LogP contribution is 2.77. The second kappa shape index (κ2) is 14.4. The zero-order valence-electron chi connectivity index (χ0n) is 35.3. The number of nitrogens with zero attached hydrogens (tertiary/aromatic N) is 2. The van der Waals surface area contributed by atoms with E-state index in [9.17, 15) is 4.79 Å². The average molecular weight is 742 g/mol. The van der Waals surface area contributed by atoms with Crippen LogP contribution in [0.2, 0.25) is 5.02 Å². The number of allylic oxidation sites excluding steroid dienone is 6. The van der Waals surface area contributed by atoms with Crippen molar-refractivity contribution >= 4 is 17.4 Å². The van der Waals surface area contributed by atoms with Crippen molar-refractivity contribution in [3.05, 3.63) is 69.3 Å². The zero-order chi connectivity index (χ0) is 38.1. The minimum Gasteiger partial charge on any atom is -0.308 e. The van der Waals surface area contributed by atoms with Crippen LogP contribution in [0.4, 0.5) is 0 Å². The molecule has 6 aliphatic rings. The van der Waals surface area contributed by atoms with Gasteiger partial charge in [-0.05, 0) is 170 Å². The van der Waals surface area contributed by atoms with Crippen LogP contribution in [0.15, 0.2) is 58.7 Å². The van der Waals surface area contributed by atoms with Crippen LogP contribution in [0.1, 0.15) is 138 Å². The lowest BCUT2D eigenvalue weighted by Gasteiger charge is -2.72. The maximum atomic E-state index is 14.4. The van der Waals surface area contributed by atoms with Crippen molar-refractivity contribution in [1.29, 1.82) is 0 Å². The van der Waals surface area contributed by atoms with Crippen molar-refractivity contribution in [3.63, 3.8) is 0 Å². The van der Waals surface area contributed by atoms with E-state index in [0.29, 0.717) is 23.0 Å². The number of Topliss-reactive ketones (excluding diaryl/α,β-unsaturated/α-hetero) is 1. The molecular formula is C49H73ClN2O. The molecule has 8 atom stereocenters. The first-order chi connectivity index (χ1) is 25.0. The lowest BCUT2D eigenvalue weighted by molar-refractivity contribution is -0.200. The Balaban J connectivity index is 1.22. The molecular weight excluding hydrogens is 668 g/mol. The van der Waals surface area contributed by atoms with Gasteiger partial charge in [0.05, 0.1) is 0 Å². The highest BCUT2D eigenvalue weighted by atomic mass is 35.5. The summed E-state index contributed by atoms with van der Waals surface area (Å²) in [6.07, 6.45) is 20.2. The van der Waals surface area contributed by atoms with Crippen molar-refractivity contribution in [2.24, 2.45) is 56.7 Å². The summed E-state index contributed by atoms with van der Waals surface area (Å²) in [5.74, 6) is 3.11. The SMILES string of the molecule is CC(C)C1=C2C3CCC4[C@@]5(C)CC=C(C6=CCCCC6)C(C)(C)C5CC[C@@]4(C)[C@]3(C)CC[C@@]2(C(C)CN(CCN(C)C)Cc2ccc(Cl)cc2)CC1=O. The molecule has 0 amide bonds. The molecule has 0 spiro atoms. The zero-order valence-corrected chi connectivity index (χ0v) is 36.1. The molecule has 0 bridgehead atoms. The summed E-state index contributed by atoms with van der Waals surface area (Å²) in [5, 5.41) is 0.794. The van der Waals surface area contributed by atoms with E-state index in [-0.39, 0.29) is 27.6 Å². The molecule has 0 aliphatic heterocycles. The molecule has 1 aromatic rings. The molecule has 4 unspecified atom stereocenters. The smallest absolute Gasteiger partial charge is 0.159 e. The Bertz CT molecular complexity index is 1650. The Morgan fingerprint density at radius 1 is 0.849 bits per heavy atom. The van der Waals surface area contributed by atoms with Crippen molar-refractivity contribution in [3.8, 4) is 0 Å². The summed E-state index contributed by atoms with van der Waals surface area (Å²) >= 11 is 6.30. The molecule has 0 N–H and O–H groups in total. The molecule has 6 aliphatic carbocycles. The number of benzene rings is 1. The Labute approximate surface area is 329 Å². The number of hydrogen-bond donors (Lipinski definition) is 0. The Kier molecular flexibility index (Phi) is 10.7. The van der Waals surface area contributed by atoms with Gasteiger partial charge in [0.15, 0.2) is 5.78 Å². The molecule has 1 aromatic carbocycles. The number of likely N-dealkylation sites (N-methyl/N-ethyl adjacent to an activating group) is 1. The first kappa shape index (κ1) is 39.6. The van der Waals surface area contributed by atoms with Gasteiger partial charge in [-0.2, -0.15) is 0 Å². The number of halogens is 1. The number of rotatable bonds is 10.